The molecule has 0 radical (unpaired) electrons. The van der Waals surface area contributed by atoms with Gasteiger partial charge in [0, 0.05) is 16.6 Å². The SMILES string of the molecule is Cc1cccc(-c2noc(-c3ccc(NCc4cccs4)nc3)n2)c1. The number of anilines is 1. The van der Waals surface area contributed by atoms with Gasteiger partial charge in [0.1, 0.15) is 5.82 Å². The number of nitrogens with one attached hydrogen (secondary N) is 1. The fraction of sp³-hybridized carbons (Fsp3) is 0.105. The summed E-state index contributed by atoms with van der Waals surface area (Å²) in [6.07, 6.45) is 1.74. The van der Waals surface area contributed by atoms with Crippen LogP contribution in [-0.2, 0) is 6.54 Å². The van der Waals surface area contributed by atoms with E-state index in [1.165, 1.54) is 4.88 Å². The molecule has 3 aromatic heterocycles. The quantitative estimate of drug-likeness (QED) is 0.562. The largest absolute Gasteiger partial charge is 0.365 e. The molecule has 0 saturated carbocycles. The number of benzene rings is 1. The molecule has 4 aromatic rings. The van der Waals surface area contributed by atoms with E-state index in [2.05, 4.69) is 31.9 Å². The maximum absolute atomic E-state index is 5.38. The number of rotatable bonds is 5. The first-order valence-corrected chi connectivity index (χ1v) is 8.79. The summed E-state index contributed by atoms with van der Waals surface area (Å²) in [5.41, 5.74) is 2.90. The van der Waals surface area contributed by atoms with Crippen molar-refractivity contribution in [2.45, 2.75) is 13.5 Å². The minimum Gasteiger partial charge on any atom is -0.365 e. The van der Waals surface area contributed by atoms with E-state index in [4.69, 9.17) is 4.52 Å². The van der Waals surface area contributed by atoms with E-state index >= 15 is 0 Å². The van der Waals surface area contributed by atoms with Gasteiger partial charge in [0.05, 0.1) is 12.1 Å². The lowest BCUT2D eigenvalue weighted by Crippen LogP contribution is -1.99. The Morgan fingerprint density at radius 1 is 1.08 bits per heavy atom. The van der Waals surface area contributed by atoms with E-state index < -0.39 is 0 Å². The van der Waals surface area contributed by atoms with Gasteiger partial charge in [0.15, 0.2) is 0 Å². The van der Waals surface area contributed by atoms with Crippen molar-refractivity contribution in [2.75, 3.05) is 5.32 Å². The Balaban J connectivity index is 1.49. The lowest BCUT2D eigenvalue weighted by Gasteiger charge is -2.03. The predicted molar refractivity (Wildman–Crippen MR) is 99.3 cm³/mol. The molecule has 0 bridgehead atoms. The molecule has 1 aromatic carbocycles. The predicted octanol–water partition coefficient (Wildman–Crippen LogP) is 4.78. The lowest BCUT2D eigenvalue weighted by molar-refractivity contribution is 0.432. The molecule has 4 rings (SSSR count). The van der Waals surface area contributed by atoms with Gasteiger partial charge in [0.25, 0.3) is 5.89 Å². The summed E-state index contributed by atoms with van der Waals surface area (Å²) in [6.45, 7) is 2.80. The summed E-state index contributed by atoms with van der Waals surface area (Å²) >= 11 is 1.72. The van der Waals surface area contributed by atoms with Crippen molar-refractivity contribution in [3.05, 3.63) is 70.5 Å². The number of aromatic nitrogens is 3. The summed E-state index contributed by atoms with van der Waals surface area (Å²) in [5.74, 6) is 1.86. The Kier molecular flexibility index (Phi) is 4.26. The van der Waals surface area contributed by atoms with Crippen molar-refractivity contribution >= 4 is 17.2 Å². The Morgan fingerprint density at radius 3 is 2.80 bits per heavy atom. The first kappa shape index (κ1) is 15.5. The van der Waals surface area contributed by atoms with Gasteiger partial charge in [-0.2, -0.15) is 4.98 Å². The van der Waals surface area contributed by atoms with E-state index in [-0.39, 0.29) is 0 Å². The van der Waals surface area contributed by atoms with Crippen molar-refractivity contribution in [1.82, 2.24) is 15.1 Å². The number of aryl methyl sites for hydroxylation is 1. The van der Waals surface area contributed by atoms with Crippen LogP contribution in [0.5, 0.6) is 0 Å². The highest BCUT2D eigenvalue weighted by atomic mass is 32.1. The highest BCUT2D eigenvalue weighted by Crippen LogP contribution is 2.23. The zero-order valence-corrected chi connectivity index (χ0v) is 14.5. The first-order valence-electron chi connectivity index (χ1n) is 7.91. The van der Waals surface area contributed by atoms with Crippen LogP contribution in [0.4, 0.5) is 5.82 Å². The summed E-state index contributed by atoms with van der Waals surface area (Å²) < 4.78 is 5.38. The van der Waals surface area contributed by atoms with E-state index in [0.29, 0.717) is 11.7 Å². The Morgan fingerprint density at radius 2 is 2.04 bits per heavy atom. The normalized spacial score (nSPS) is 10.8. The Bertz CT molecular complexity index is 961. The molecule has 25 heavy (non-hydrogen) atoms. The minimum atomic E-state index is 0.466. The minimum absolute atomic E-state index is 0.466. The van der Waals surface area contributed by atoms with Crippen LogP contribution in [-0.4, -0.2) is 15.1 Å². The Labute approximate surface area is 149 Å². The number of thiophene rings is 1. The average molecular weight is 348 g/mol. The standard InChI is InChI=1S/C19H16N4OS/c1-13-4-2-5-14(10-13)18-22-19(24-23-18)15-7-8-17(20-11-15)21-12-16-6-3-9-25-16/h2-11H,12H2,1H3,(H,20,21). The zero-order chi connectivity index (χ0) is 17.1. The second kappa shape index (κ2) is 6.86. The van der Waals surface area contributed by atoms with Gasteiger partial charge < -0.3 is 9.84 Å². The zero-order valence-electron chi connectivity index (χ0n) is 13.6. The molecule has 0 saturated heterocycles. The van der Waals surface area contributed by atoms with E-state index in [1.807, 2.05) is 49.4 Å². The summed E-state index contributed by atoms with van der Waals surface area (Å²) in [7, 11) is 0. The van der Waals surface area contributed by atoms with Gasteiger partial charge in [-0.15, -0.1) is 11.3 Å². The van der Waals surface area contributed by atoms with Crippen molar-refractivity contribution in [2.24, 2.45) is 0 Å². The fourth-order valence-corrected chi connectivity index (χ4v) is 3.10. The molecule has 1 N–H and O–H groups in total. The number of pyridine rings is 1. The van der Waals surface area contributed by atoms with Crippen LogP contribution in [0.15, 0.2) is 64.6 Å². The molecule has 0 spiro atoms. The average Bonchev–Trinajstić information content (AvgIpc) is 3.32. The van der Waals surface area contributed by atoms with Gasteiger partial charge in [0.2, 0.25) is 5.82 Å². The number of hydrogen-bond donors (Lipinski definition) is 1. The third-order valence-electron chi connectivity index (χ3n) is 3.74. The molecule has 0 fully saturated rings. The van der Waals surface area contributed by atoms with Crippen LogP contribution in [0.1, 0.15) is 10.4 Å². The molecule has 124 valence electrons. The summed E-state index contributed by atoms with van der Waals surface area (Å²) in [4.78, 5) is 10.2. The van der Waals surface area contributed by atoms with Gasteiger partial charge in [-0.25, -0.2) is 4.98 Å². The van der Waals surface area contributed by atoms with E-state index in [0.717, 1.165) is 29.1 Å². The van der Waals surface area contributed by atoms with Crippen LogP contribution in [0, 0.1) is 6.92 Å². The molecular weight excluding hydrogens is 332 g/mol. The molecule has 0 aliphatic heterocycles. The van der Waals surface area contributed by atoms with Gasteiger partial charge in [-0.3, -0.25) is 0 Å². The molecular formula is C19H16N4OS. The van der Waals surface area contributed by atoms with Crippen molar-refractivity contribution < 1.29 is 4.52 Å². The van der Waals surface area contributed by atoms with Crippen LogP contribution in [0.2, 0.25) is 0 Å². The highest BCUT2D eigenvalue weighted by molar-refractivity contribution is 7.09. The molecule has 0 unspecified atom stereocenters. The van der Waals surface area contributed by atoms with E-state index in [1.54, 1.807) is 17.5 Å². The lowest BCUT2D eigenvalue weighted by atomic mass is 10.1. The highest BCUT2D eigenvalue weighted by Gasteiger charge is 2.11. The van der Waals surface area contributed by atoms with Crippen molar-refractivity contribution in [3.63, 3.8) is 0 Å². The molecule has 5 nitrogen and oxygen atoms in total. The van der Waals surface area contributed by atoms with Gasteiger partial charge in [-0.05, 0) is 36.6 Å². The Hall–Kier alpha value is -2.99. The third-order valence-corrected chi connectivity index (χ3v) is 4.61. The molecule has 3 heterocycles. The molecule has 0 aliphatic rings. The van der Waals surface area contributed by atoms with E-state index in [9.17, 15) is 0 Å². The molecule has 6 heteroatoms. The number of nitrogens with zero attached hydrogens (tertiary/aromatic N) is 3. The van der Waals surface area contributed by atoms with Gasteiger partial charge in [-0.1, -0.05) is 35.0 Å². The second-order valence-corrected chi connectivity index (χ2v) is 6.69. The fourth-order valence-electron chi connectivity index (χ4n) is 2.46. The van der Waals surface area contributed by atoms with Crippen LogP contribution < -0.4 is 5.32 Å². The third kappa shape index (κ3) is 3.59. The summed E-state index contributed by atoms with van der Waals surface area (Å²) in [5, 5.41) is 9.43. The first-order chi connectivity index (χ1) is 12.3. The monoisotopic (exact) mass is 348 g/mol. The smallest absolute Gasteiger partial charge is 0.259 e. The van der Waals surface area contributed by atoms with Crippen LogP contribution >= 0.6 is 11.3 Å². The second-order valence-electron chi connectivity index (χ2n) is 5.66. The molecule has 0 atom stereocenters. The van der Waals surface area contributed by atoms with Gasteiger partial charge >= 0.3 is 0 Å². The maximum atomic E-state index is 5.38. The molecule has 0 aliphatic carbocycles. The van der Waals surface area contributed by atoms with Crippen molar-refractivity contribution in [1.29, 1.82) is 0 Å². The molecule has 0 amide bonds. The summed E-state index contributed by atoms with van der Waals surface area (Å²) in [6, 6.07) is 16.0. The topological polar surface area (TPSA) is 63.8 Å². The van der Waals surface area contributed by atoms with Crippen LogP contribution in [0.25, 0.3) is 22.8 Å². The maximum Gasteiger partial charge on any atom is 0.259 e. The van der Waals surface area contributed by atoms with Crippen molar-refractivity contribution in [3.8, 4) is 22.8 Å². The number of hydrogen-bond acceptors (Lipinski definition) is 6. The van der Waals surface area contributed by atoms with Crippen LogP contribution in [0.3, 0.4) is 0 Å².